The number of benzene rings is 1. The summed E-state index contributed by atoms with van der Waals surface area (Å²) in [6.45, 7) is 3.59. The summed E-state index contributed by atoms with van der Waals surface area (Å²) in [5, 5.41) is 2.77. The maximum atomic E-state index is 11.4. The molecule has 0 unspecified atom stereocenters. The van der Waals surface area contributed by atoms with Crippen molar-refractivity contribution in [1.29, 1.82) is 0 Å². The molecule has 0 radical (unpaired) electrons. The van der Waals surface area contributed by atoms with Crippen LogP contribution in [0.3, 0.4) is 0 Å². The van der Waals surface area contributed by atoms with Crippen molar-refractivity contribution in [1.82, 2.24) is 5.32 Å². The second-order valence-electron chi connectivity index (χ2n) is 2.82. The van der Waals surface area contributed by atoms with Gasteiger partial charge in [0.15, 0.2) is 0 Å². The first kappa shape index (κ1) is 7.80. The molecule has 0 aromatic heterocycles. The molecule has 1 aromatic rings. The zero-order chi connectivity index (χ0) is 9.26. The Morgan fingerprint density at radius 1 is 1.23 bits per heavy atom. The molecular weight excluding hydrogens is 162 g/mol. The van der Waals surface area contributed by atoms with Gasteiger partial charge in [-0.1, -0.05) is 30.9 Å². The molecule has 64 valence electrons. The van der Waals surface area contributed by atoms with Crippen molar-refractivity contribution < 1.29 is 4.79 Å². The fourth-order valence-corrected chi connectivity index (χ4v) is 1.42. The van der Waals surface area contributed by atoms with Crippen LogP contribution in [0.15, 0.2) is 43.0 Å². The Hall–Kier alpha value is -1.83. The van der Waals surface area contributed by atoms with E-state index in [2.05, 4.69) is 11.9 Å². The molecule has 0 aliphatic carbocycles. The number of rotatable bonds is 1. The van der Waals surface area contributed by atoms with Gasteiger partial charge in [-0.3, -0.25) is 4.79 Å². The van der Waals surface area contributed by atoms with Gasteiger partial charge in [0.25, 0.3) is 5.91 Å². The minimum absolute atomic E-state index is 0.0382. The van der Waals surface area contributed by atoms with Crippen LogP contribution in [0, 0.1) is 0 Å². The lowest BCUT2D eigenvalue weighted by atomic mass is 10.1. The molecule has 1 amide bonds. The van der Waals surface area contributed by atoms with Crippen LogP contribution >= 0.6 is 0 Å². The molecule has 2 rings (SSSR count). The lowest BCUT2D eigenvalue weighted by molar-refractivity contribution is 0.0981. The van der Waals surface area contributed by atoms with Crippen molar-refractivity contribution in [2.75, 3.05) is 0 Å². The first-order chi connectivity index (χ1) is 6.33. The average molecular weight is 171 g/mol. The molecule has 2 nitrogen and oxygen atoms in total. The van der Waals surface area contributed by atoms with E-state index in [1.807, 2.05) is 24.3 Å². The van der Waals surface area contributed by atoms with Crippen molar-refractivity contribution >= 4 is 11.6 Å². The summed E-state index contributed by atoms with van der Waals surface area (Å²) in [6, 6.07) is 7.50. The van der Waals surface area contributed by atoms with Gasteiger partial charge in [0.1, 0.15) is 0 Å². The molecule has 0 bridgehead atoms. The number of carbonyl (C=O) groups excluding carboxylic acids is 1. The van der Waals surface area contributed by atoms with Crippen LogP contribution in [0.25, 0.3) is 5.70 Å². The first-order valence-electron chi connectivity index (χ1n) is 4.06. The van der Waals surface area contributed by atoms with Crippen LogP contribution in [-0.2, 0) is 0 Å². The lowest BCUT2D eigenvalue weighted by Gasteiger charge is -1.95. The van der Waals surface area contributed by atoms with Gasteiger partial charge in [-0.25, -0.2) is 0 Å². The predicted molar refractivity (Wildman–Crippen MR) is 52.1 cm³/mol. The van der Waals surface area contributed by atoms with Crippen LogP contribution in [0.4, 0.5) is 0 Å². The van der Waals surface area contributed by atoms with Crippen LogP contribution in [-0.4, -0.2) is 5.91 Å². The predicted octanol–water partition coefficient (Wildman–Crippen LogP) is 1.96. The second-order valence-corrected chi connectivity index (χ2v) is 2.82. The summed E-state index contributed by atoms with van der Waals surface area (Å²) >= 11 is 0. The normalized spacial score (nSPS) is 16.9. The molecule has 1 N–H and O–H groups in total. The molecule has 1 aromatic carbocycles. The SMILES string of the molecule is C=C/C=C1\NC(=O)c2ccccc21. The van der Waals surface area contributed by atoms with E-state index in [9.17, 15) is 4.79 Å². The lowest BCUT2D eigenvalue weighted by Crippen LogP contribution is -2.11. The molecule has 2 heteroatoms. The van der Waals surface area contributed by atoms with Crippen molar-refractivity contribution in [2.45, 2.75) is 0 Å². The van der Waals surface area contributed by atoms with Gasteiger partial charge in [0, 0.05) is 16.8 Å². The monoisotopic (exact) mass is 171 g/mol. The third kappa shape index (κ3) is 1.16. The highest BCUT2D eigenvalue weighted by molar-refractivity contribution is 6.09. The van der Waals surface area contributed by atoms with Crippen LogP contribution in [0.1, 0.15) is 15.9 Å². The Morgan fingerprint density at radius 3 is 2.62 bits per heavy atom. The molecule has 0 atom stereocenters. The molecule has 0 fully saturated rings. The molecule has 1 heterocycles. The largest absolute Gasteiger partial charge is 0.321 e. The molecule has 0 spiro atoms. The van der Waals surface area contributed by atoms with Crippen LogP contribution in [0.5, 0.6) is 0 Å². The van der Waals surface area contributed by atoms with E-state index in [4.69, 9.17) is 0 Å². The van der Waals surface area contributed by atoms with E-state index >= 15 is 0 Å². The van der Waals surface area contributed by atoms with E-state index in [0.29, 0.717) is 0 Å². The molecule has 1 aliphatic rings. The highest BCUT2D eigenvalue weighted by atomic mass is 16.1. The number of fused-ring (bicyclic) bond motifs is 1. The average Bonchev–Trinajstić information content (AvgIpc) is 2.46. The summed E-state index contributed by atoms with van der Waals surface area (Å²) in [4.78, 5) is 11.4. The number of amides is 1. The molecule has 1 aliphatic heterocycles. The molecule has 0 saturated heterocycles. The summed E-state index contributed by atoms with van der Waals surface area (Å²) in [5.74, 6) is -0.0382. The molecule has 13 heavy (non-hydrogen) atoms. The van der Waals surface area contributed by atoms with Crippen LogP contribution in [0.2, 0.25) is 0 Å². The van der Waals surface area contributed by atoms with Gasteiger partial charge in [0.05, 0.1) is 0 Å². The molecule has 0 saturated carbocycles. The number of carbonyl (C=O) groups is 1. The summed E-state index contributed by atoms with van der Waals surface area (Å²) in [6.07, 6.45) is 3.46. The summed E-state index contributed by atoms with van der Waals surface area (Å²) < 4.78 is 0. The highest BCUT2D eigenvalue weighted by Gasteiger charge is 2.21. The minimum atomic E-state index is -0.0382. The van der Waals surface area contributed by atoms with Gasteiger partial charge in [-0.2, -0.15) is 0 Å². The third-order valence-electron chi connectivity index (χ3n) is 1.99. The van der Waals surface area contributed by atoms with E-state index in [0.717, 1.165) is 16.8 Å². The fourth-order valence-electron chi connectivity index (χ4n) is 1.42. The minimum Gasteiger partial charge on any atom is -0.321 e. The number of nitrogens with one attached hydrogen (secondary N) is 1. The van der Waals surface area contributed by atoms with Gasteiger partial charge < -0.3 is 5.32 Å². The maximum absolute atomic E-state index is 11.4. The van der Waals surface area contributed by atoms with Gasteiger partial charge >= 0.3 is 0 Å². The van der Waals surface area contributed by atoms with Gasteiger partial charge in [-0.05, 0) is 12.1 Å². The smallest absolute Gasteiger partial charge is 0.256 e. The van der Waals surface area contributed by atoms with Gasteiger partial charge in [-0.15, -0.1) is 0 Å². The number of hydrogen-bond donors (Lipinski definition) is 1. The topological polar surface area (TPSA) is 29.1 Å². The quantitative estimate of drug-likeness (QED) is 0.687. The van der Waals surface area contributed by atoms with Crippen molar-refractivity contribution in [3.8, 4) is 0 Å². The zero-order valence-corrected chi connectivity index (χ0v) is 7.08. The van der Waals surface area contributed by atoms with E-state index < -0.39 is 0 Å². The van der Waals surface area contributed by atoms with Crippen molar-refractivity contribution in [2.24, 2.45) is 0 Å². The number of allylic oxidation sites excluding steroid dienone is 2. The third-order valence-corrected chi connectivity index (χ3v) is 1.99. The first-order valence-corrected chi connectivity index (χ1v) is 4.06. The Bertz CT molecular complexity index is 404. The number of hydrogen-bond acceptors (Lipinski definition) is 1. The Kier molecular flexibility index (Phi) is 1.74. The van der Waals surface area contributed by atoms with Crippen molar-refractivity contribution in [3.05, 3.63) is 54.1 Å². The Labute approximate surface area is 76.6 Å². The standard InChI is InChI=1S/C11H9NO/c1-2-5-10-8-6-3-4-7-9(8)11(13)12-10/h2-7H,1H2,(H,12,13)/b10-5-. The van der Waals surface area contributed by atoms with E-state index in [-0.39, 0.29) is 5.91 Å². The van der Waals surface area contributed by atoms with Crippen molar-refractivity contribution in [3.63, 3.8) is 0 Å². The maximum Gasteiger partial charge on any atom is 0.256 e. The second kappa shape index (κ2) is 2.90. The Balaban J connectivity index is 2.59. The summed E-state index contributed by atoms with van der Waals surface area (Å²) in [7, 11) is 0. The fraction of sp³-hybridized carbons (Fsp3) is 0. The van der Waals surface area contributed by atoms with E-state index in [1.54, 1.807) is 12.2 Å². The van der Waals surface area contributed by atoms with Gasteiger partial charge in [0.2, 0.25) is 0 Å². The highest BCUT2D eigenvalue weighted by Crippen LogP contribution is 2.23. The van der Waals surface area contributed by atoms with Crippen LogP contribution < -0.4 is 5.32 Å². The Morgan fingerprint density at radius 2 is 1.92 bits per heavy atom. The molecular formula is C11H9NO. The summed E-state index contributed by atoms with van der Waals surface area (Å²) in [5.41, 5.74) is 2.51. The zero-order valence-electron chi connectivity index (χ0n) is 7.08. The van der Waals surface area contributed by atoms with E-state index in [1.165, 1.54) is 0 Å².